The van der Waals surface area contributed by atoms with Crippen molar-refractivity contribution in [1.29, 1.82) is 0 Å². The van der Waals surface area contributed by atoms with Crippen molar-refractivity contribution in [3.05, 3.63) is 29.8 Å². The number of rotatable bonds is 5. The number of aliphatic hydroxyl groups excluding tert-OH is 1. The third kappa shape index (κ3) is 5.48. The number of hydrogen-bond donors (Lipinski definition) is 2. The fourth-order valence-electron chi connectivity index (χ4n) is 1.28. The lowest BCUT2D eigenvalue weighted by atomic mass is 10.2. The summed E-state index contributed by atoms with van der Waals surface area (Å²) in [6.45, 7) is 0.483. The van der Waals surface area contributed by atoms with Crippen molar-refractivity contribution in [2.45, 2.75) is 12.8 Å². The van der Waals surface area contributed by atoms with Gasteiger partial charge in [-0.3, -0.25) is 4.79 Å². The molecule has 0 atom stereocenters. The predicted octanol–water partition coefficient (Wildman–Crippen LogP) is 1.40. The van der Waals surface area contributed by atoms with Gasteiger partial charge in [0.25, 0.3) is 0 Å². The molecule has 0 aromatic heterocycles. The van der Waals surface area contributed by atoms with Gasteiger partial charge in [-0.25, -0.2) is 0 Å². The van der Waals surface area contributed by atoms with Crippen LogP contribution < -0.4 is 5.32 Å². The molecule has 96 valence electrons. The molecule has 4 nitrogen and oxygen atoms in total. The van der Waals surface area contributed by atoms with Crippen LogP contribution in [0, 0.1) is 11.8 Å². The van der Waals surface area contributed by atoms with E-state index in [1.807, 2.05) is 12.1 Å². The number of aliphatic hydroxyl groups is 1. The van der Waals surface area contributed by atoms with Gasteiger partial charge in [0.05, 0.1) is 19.6 Å². The van der Waals surface area contributed by atoms with E-state index >= 15 is 0 Å². The van der Waals surface area contributed by atoms with Gasteiger partial charge in [0.15, 0.2) is 0 Å². The Labute approximate surface area is 107 Å². The fraction of sp³-hybridized carbons (Fsp3) is 0.357. The second-order valence-corrected chi connectivity index (χ2v) is 3.64. The lowest BCUT2D eigenvalue weighted by Crippen LogP contribution is -2.13. The van der Waals surface area contributed by atoms with Crippen LogP contribution in [0.2, 0.25) is 0 Å². The molecular formula is C14H17NO3. The van der Waals surface area contributed by atoms with E-state index in [2.05, 4.69) is 17.2 Å². The number of benzene rings is 1. The first kappa shape index (κ1) is 14.2. The maximum atomic E-state index is 11.4. The number of carbonyl (C=O) groups is 1. The minimum atomic E-state index is -0.0732. The van der Waals surface area contributed by atoms with Crippen molar-refractivity contribution in [2.24, 2.45) is 0 Å². The summed E-state index contributed by atoms with van der Waals surface area (Å²) in [4.78, 5) is 11.4. The van der Waals surface area contributed by atoms with E-state index in [-0.39, 0.29) is 12.5 Å². The van der Waals surface area contributed by atoms with Gasteiger partial charge < -0.3 is 15.2 Å². The topological polar surface area (TPSA) is 58.6 Å². The zero-order chi connectivity index (χ0) is 13.2. The van der Waals surface area contributed by atoms with E-state index < -0.39 is 0 Å². The minimum Gasteiger partial charge on any atom is -0.395 e. The molecule has 0 saturated carbocycles. The highest BCUT2D eigenvalue weighted by molar-refractivity contribution is 5.90. The Morgan fingerprint density at radius 3 is 2.72 bits per heavy atom. The van der Waals surface area contributed by atoms with E-state index in [0.717, 1.165) is 11.3 Å². The van der Waals surface area contributed by atoms with Crippen LogP contribution in [-0.4, -0.2) is 31.3 Å². The highest BCUT2D eigenvalue weighted by atomic mass is 16.5. The first-order valence-electron chi connectivity index (χ1n) is 5.75. The maximum absolute atomic E-state index is 11.4. The average molecular weight is 247 g/mol. The molecule has 0 heterocycles. The molecule has 1 aromatic carbocycles. The molecule has 1 amide bonds. The normalized spacial score (nSPS) is 9.44. The highest BCUT2D eigenvalue weighted by Crippen LogP contribution is 2.09. The minimum absolute atomic E-state index is 0.0701. The molecule has 1 rings (SSSR count). The van der Waals surface area contributed by atoms with Crippen LogP contribution in [-0.2, 0) is 9.53 Å². The summed E-state index contributed by atoms with van der Waals surface area (Å²) in [5, 5.41) is 11.4. The van der Waals surface area contributed by atoms with Crippen LogP contribution in [0.5, 0.6) is 0 Å². The van der Waals surface area contributed by atoms with Crippen LogP contribution in [0.25, 0.3) is 0 Å². The first-order valence-corrected chi connectivity index (χ1v) is 5.75. The zero-order valence-electron chi connectivity index (χ0n) is 10.4. The monoisotopic (exact) mass is 247 g/mol. The summed E-state index contributed by atoms with van der Waals surface area (Å²) < 4.78 is 4.82. The third-order valence-electron chi connectivity index (χ3n) is 2.17. The maximum Gasteiger partial charge on any atom is 0.226 e. The molecule has 0 bridgehead atoms. The van der Waals surface area contributed by atoms with Gasteiger partial charge in [-0.2, -0.15) is 0 Å². The van der Waals surface area contributed by atoms with E-state index in [1.54, 1.807) is 19.2 Å². The molecule has 2 N–H and O–H groups in total. The molecule has 0 spiro atoms. The number of carbonyl (C=O) groups excluding carboxylic acids is 1. The van der Waals surface area contributed by atoms with Crippen LogP contribution in [0.15, 0.2) is 24.3 Å². The Balaban J connectivity index is 2.50. The van der Waals surface area contributed by atoms with Crippen molar-refractivity contribution in [3.63, 3.8) is 0 Å². The third-order valence-corrected chi connectivity index (χ3v) is 2.17. The average Bonchev–Trinajstić information content (AvgIpc) is 2.39. The largest absolute Gasteiger partial charge is 0.395 e. The smallest absolute Gasteiger partial charge is 0.226 e. The Kier molecular flexibility index (Phi) is 6.55. The van der Waals surface area contributed by atoms with Crippen molar-refractivity contribution < 1.29 is 14.6 Å². The number of hydrogen-bond acceptors (Lipinski definition) is 3. The van der Waals surface area contributed by atoms with Crippen LogP contribution in [0.4, 0.5) is 5.69 Å². The van der Waals surface area contributed by atoms with Gasteiger partial charge >= 0.3 is 0 Å². The van der Waals surface area contributed by atoms with Crippen LogP contribution in [0.1, 0.15) is 18.4 Å². The van der Waals surface area contributed by atoms with E-state index in [4.69, 9.17) is 9.84 Å². The summed E-state index contributed by atoms with van der Waals surface area (Å²) in [5.41, 5.74) is 1.60. The SMILES string of the molecule is COCCC(=O)Nc1ccc(C#CCCO)cc1. The first-order chi connectivity index (χ1) is 8.76. The summed E-state index contributed by atoms with van der Waals surface area (Å²) in [6.07, 6.45) is 0.810. The van der Waals surface area contributed by atoms with Gasteiger partial charge in [0.1, 0.15) is 0 Å². The van der Waals surface area contributed by atoms with E-state index in [0.29, 0.717) is 19.4 Å². The zero-order valence-corrected chi connectivity index (χ0v) is 10.4. The summed E-state index contributed by atoms with van der Waals surface area (Å²) in [5.74, 6) is 5.68. The summed E-state index contributed by atoms with van der Waals surface area (Å²) in [7, 11) is 1.56. The van der Waals surface area contributed by atoms with Crippen molar-refractivity contribution >= 4 is 11.6 Å². The number of methoxy groups -OCH3 is 1. The predicted molar refractivity (Wildman–Crippen MR) is 70.1 cm³/mol. The van der Waals surface area contributed by atoms with E-state index in [1.165, 1.54) is 0 Å². The van der Waals surface area contributed by atoms with Crippen LogP contribution >= 0.6 is 0 Å². The van der Waals surface area contributed by atoms with Gasteiger partial charge in [-0.05, 0) is 24.3 Å². The van der Waals surface area contributed by atoms with Gasteiger partial charge in [-0.15, -0.1) is 0 Å². The summed E-state index contributed by atoms with van der Waals surface area (Å²) >= 11 is 0. The van der Waals surface area contributed by atoms with Crippen molar-refractivity contribution in [1.82, 2.24) is 0 Å². The standard InChI is InChI=1S/C14H17NO3/c1-18-11-9-14(17)15-13-7-5-12(6-8-13)4-2-3-10-16/h5-8,16H,3,9-11H2,1H3,(H,15,17). The molecule has 4 heteroatoms. The molecule has 0 unspecified atom stereocenters. The van der Waals surface area contributed by atoms with Crippen LogP contribution in [0.3, 0.4) is 0 Å². The second-order valence-electron chi connectivity index (χ2n) is 3.64. The van der Waals surface area contributed by atoms with E-state index in [9.17, 15) is 4.79 Å². The molecule has 0 aliphatic heterocycles. The molecule has 0 aliphatic carbocycles. The molecule has 0 fully saturated rings. The molecule has 0 aliphatic rings. The molecular weight excluding hydrogens is 230 g/mol. The van der Waals surface area contributed by atoms with Gasteiger partial charge in [0.2, 0.25) is 5.91 Å². The highest BCUT2D eigenvalue weighted by Gasteiger charge is 2.01. The Bertz CT molecular complexity index is 429. The fourth-order valence-corrected chi connectivity index (χ4v) is 1.28. The Hall–Kier alpha value is -1.83. The van der Waals surface area contributed by atoms with Crippen molar-refractivity contribution in [2.75, 3.05) is 25.6 Å². The second kappa shape index (κ2) is 8.29. The quantitative estimate of drug-likeness (QED) is 0.773. The number of anilines is 1. The number of nitrogens with one attached hydrogen (secondary N) is 1. The molecule has 18 heavy (non-hydrogen) atoms. The lowest BCUT2D eigenvalue weighted by Gasteiger charge is -2.04. The Morgan fingerprint density at radius 2 is 2.11 bits per heavy atom. The van der Waals surface area contributed by atoms with Crippen molar-refractivity contribution in [3.8, 4) is 11.8 Å². The Morgan fingerprint density at radius 1 is 1.39 bits per heavy atom. The van der Waals surface area contributed by atoms with Gasteiger partial charge in [0, 0.05) is 24.8 Å². The number of ether oxygens (including phenoxy) is 1. The number of amides is 1. The lowest BCUT2D eigenvalue weighted by molar-refractivity contribution is -0.117. The molecule has 1 aromatic rings. The molecule has 0 radical (unpaired) electrons. The molecule has 0 saturated heterocycles. The summed E-state index contributed by atoms with van der Waals surface area (Å²) in [6, 6.07) is 7.26. The van der Waals surface area contributed by atoms with Gasteiger partial charge in [-0.1, -0.05) is 11.8 Å².